The van der Waals surface area contributed by atoms with Gasteiger partial charge in [-0.3, -0.25) is 0 Å². The van der Waals surface area contributed by atoms with Gasteiger partial charge in [0.05, 0.1) is 6.61 Å². The van der Waals surface area contributed by atoms with Gasteiger partial charge in [-0.15, -0.1) is 6.58 Å². The lowest BCUT2D eigenvalue weighted by Crippen LogP contribution is -2.55. The first kappa shape index (κ1) is 25.5. The predicted octanol–water partition coefficient (Wildman–Crippen LogP) is 3.75. The summed E-state index contributed by atoms with van der Waals surface area (Å²) in [4.78, 5) is 10.8. The number of hydrogen-bond donors (Lipinski definition) is 0. The average Bonchev–Trinajstić information content (AvgIpc) is 2.47. The summed E-state index contributed by atoms with van der Waals surface area (Å²) in [6, 6.07) is 0.693. The van der Waals surface area contributed by atoms with Gasteiger partial charge in [-0.05, 0) is 58.8 Å². The van der Waals surface area contributed by atoms with Crippen molar-refractivity contribution in [1.82, 2.24) is 0 Å². The lowest BCUT2D eigenvalue weighted by molar-refractivity contribution is -0.107. The molecule has 0 rings (SSSR count). The fourth-order valence-electron chi connectivity index (χ4n) is 2.53. The van der Waals surface area contributed by atoms with E-state index in [-0.39, 0.29) is 5.95 Å². The number of aldehydes is 1. The van der Waals surface area contributed by atoms with Gasteiger partial charge in [0, 0.05) is 6.42 Å². The molecule has 26 heavy (non-hydrogen) atoms. The molecule has 0 fully saturated rings. The van der Waals surface area contributed by atoms with Crippen LogP contribution in [0.4, 0.5) is 0 Å². The summed E-state index contributed by atoms with van der Waals surface area (Å²) in [6.45, 7) is 22.3. The van der Waals surface area contributed by atoms with Gasteiger partial charge in [0.2, 0.25) is 9.04 Å². The van der Waals surface area contributed by atoms with E-state index in [1.54, 1.807) is 0 Å². The summed E-state index contributed by atoms with van der Waals surface area (Å²) < 4.78 is 29.8. The van der Waals surface area contributed by atoms with Crippen molar-refractivity contribution in [1.29, 1.82) is 0 Å². The van der Waals surface area contributed by atoms with Gasteiger partial charge in [0.1, 0.15) is 12.5 Å². The van der Waals surface area contributed by atoms with Crippen molar-refractivity contribution in [2.24, 2.45) is 0 Å². The zero-order chi connectivity index (χ0) is 20.4. The molecule has 1 atom stereocenters. The van der Waals surface area contributed by atoms with Gasteiger partial charge in [-0.1, -0.05) is 5.70 Å². The minimum absolute atomic E-state index is 0.289. The van der Waals surface area contributed by atoms with Crippen LogP contribution in [0.2, 0.25) is 45.3 Å². The Morgan fingerprint density at radius 1 is 1.04 bits per heavy atom. The third kappa shape index (κ3) is 12.0. The molecule has 0 aromatic rings. The van der Waals surface area contributed by atoms with E-state index in [0.717, 1.165) is 6.29 Å². The number of ether oxygens (including phenoxy) is 2. The molecule has 0 aliphatic heterocycles. The van der Waals surface area contributed by atoms with Gasteiger partial charge in [-0.2, -0.15) is 0 Å². The van der Waals surface area contributed by atoms with E-state index in [1.807, 2.05) is 38.8 Å². The monoisotopic (exact) mass is 436 g/mol. The Morgan fingerprint density at radius 3 is 2.15 bits per heavy atom. The van der Waals surface area contributed by atoms with Crippen molar-refractivity contribution in [3.05, 3.63) is 24.8 Å². The second-order valence-corrected chi connectivity index (χ2v) is 21.4. The first-order valence-electron chi connectivity index (χ1n) is 8.96. The first-order chi connectivity index (χ1) is 11.9. The molecule has 1 unspecified atom stereocenters. The zero-order valence-corrected chi connectivity index (χ0v) is 21.6. The normalized spacial score (nSPS) is 13.8. The molecule has 0 saturated carbocycles. The van der Waals surface area contributed by atoms with Gasteiger partial charge >= 0.3 is 17.1 Å². The first-order valence-corrected chi connectivity index (χ1v) is 19.7. The number of carbonyl (C=O) groups is 1. The summed E-state index contributed by atoms with van der Waals surface area (Å²) in [5.41, 5.74) is 1.91. The molecule has 0 aliphatic carbocycles. The fourth-order valence-corrected chi connectivity index (χ4v) is 18.8. The fraction of sp³-hybridized carbons (Fsp3) is 0.688. The lowest BCUT2D eigenvalue weighted by atomic mass is 10.6. The second kappa shape index (κ2) is 11.4. The Bertz CT molecular complexity index is 468. The third-order valence-corrected chi connectivity index (χ3v) is 17.4. The van der Waals surface area contributed by atoms with Crippen molar-refractivity contribution in [2.45, 2.75) is 58.7 Å². The Balaban J connectivity index is 4.89. The highest BCUT2D eigenvalue weighted by Crippen LogP contribution is 2.23. The smallest absolute Gasteiger partial charge is 0.312 e. The molecule has 0 saturated heterocycles. The van der Waals surface area contributed by atoms with E-state index >= 15 is 0 Å². The number of rotatable bonds is 15. The third-order valence-electron chi connectivity index (χ3n) is 3.28. The Kier molecular flexibility index (Phi) is 11.1. The van der Waals surface area contributed by atoms with Gasteiger partial charge in [0.25, 0.3) is 5.95 Å². The standard InChI is InChI=1S/C16H36O6Si4/c1-10-18-16(3)19-15-23(14-12-13-17)20-25(6,7)22-26(8,9)21-24(4,5)11-2/h11,13,23H,2-3,10,12,14-15H2,1,4-9H3. The Labute approximate surface area is 163 Å². The van der Waals surface area contributed by atoms with E-state index < -0.39 is 34.5 Å². The van der Waals surface area contributed by atoms with Crippen molar-refractivity contribution >= 4 is 40.8 Å². The summed E-state index contributed by atoms with van der Waals surface area (Å²) in [5, 5.41) is 0. The number of hydrogen-bond acceptors (Lipinski definition) is 6. The predicted molar refractivity (Wildman–Crippen MR) is 115 cm³/mol. The highest BCUT2D eigenvalue weighted by atomic mass is 28.5. The van der Waals surface area contributed by atoms with E-state index in [0.29, 0.717) is 25.3 Å². The van der Waals surface area contributed by atoms with Crippen LogP contribution < -0.4 is 0 Å². The molecule has 0 heterocycles. The van der Waals surface area contributed by atoms with Crippen LogP contribution in [0.1, 0.15) is 13.3 Å². The van der Waals surface area contributed by atoms with Crippen molar-refractivity contribution in [2.75, 3.05) is 12.8 Å². The van der Waals surface area contributed by atoms with Crippen LogP contribution in [-0.4, -0.2) is 53.6 Å². The van der Waals surface area contributed by atoms with Crippen LogP contribution >= 0.6 is 0 Å². The maximum absolute atomic E-state index is 10.8. The quantitative estimate of drug-likeness (QED) is 0.221. The molecule has 0 spiro atoms. The maximum atomic E-state index is 10.8. The molecule has 0 amide bonds. The van der Waals surface area contributed by atoms with E-state index in [2.05, 4.69) is 26.3 Å². The molecule has 10 heteroatoms. The van der Waals surface area contributed by atoms with Gasteiger partial charge in [-0.25, -0.2) is 0 Å². The second-order valence-electron chi connectivity index (χ2n) is 7.41. The molecule has 6 nitrogen and oxygen atoms in total. The van der Waals surface area contributed by atoms with E-state index in [1.165, 1.54) is 0 Å². The van der Waals surface area contributed by atoms with Crippen LogP contribution in [0.3, 0.4) is 0 Å². The topological polar surface area (TPSA) is 63.2 Å². The summed E-state index contributed by atoms with van der Waals surface area (Å²) in [7, 11) is -8.53. The van der Waals surface area contributed by atoms with Crippen molar-refractivity contribution in [3.8, 4) is 0 Å². The molecular formula is C16H36O6Si4. The van der Waals surface area contributed by atoms with E-state index in [4.69, 9.17) is 21.8 Å². The minimum Gasteiger partial charge on any atom is -0.467 e. The van der Waals surface area contributed by atoms with Crippen molar-refractivity contribution in [3.63, 3.8) is 0 Å². The molecular weight excluding hydrogens is 401 g/mol. The Hall–Kier alpha value is -0.502. The average molecular weight is 437 g/mol. The molecule has 152 valence electrons. The molecule has 0 aliphatic rings. The van der Waals surface area contributed by atoms with E-state index in [9.17, 15) is 4.79 Å². The molecule has 0 radical (unpaired) electrons. The van der Waals surface area contributed by atoms with Gasteiger partial charge in [0.15, 0.2) is 8.32 Å². The molecule has 0 aromatic carbocycles. The Morgan fingerprint density at radius 2 is 1.65 bits per heavy atom. The van der Waals surface area contributed by atoms with Crippen LogP contribution in [0, 0.1) is 0 Å². The molecule has 0 N–H and O–H groups in total. The largest absolute Gasteiger partial charge is 0.467 e. The van der Waals surface area contributed by atoms with Gasteiger partial charge < -0.3 is 26.6 Å². The van der Waals surface area contributed by atoms with Crippen LogP contribution in [0.5, 0.6) is 0 Å². The van der Waals surface area contributed by atoms with Crippen LogP contribution in [-0.2, 0) is 26.6 Å². The zero-order valence-electron chi connectivity index (χ0n) is 17.4. The summed E-state index contributed by atoms with van der Waals surface area (Å²) in [6.07, 6.45) is 1.78. The maximum Gasteiger partial charge on any atom is 0.312 e. The minimum atomic E-state index is -2.43. The molecule has 0 aromatic heterocycles. The lowest BCUT2D eigenvalue weighted by Gasteiger charge is -2.38. The van der Waals surface area contributed by atoms with Crippen LogP contribution in [0.25, 0.3) is 0 Å². The summed E-state index contributed by atoms with van der Waals surface area (Å²) in [5.74, 6) is 0.289. The number of carbonyl (C=O) groups excluding carboxylic acids is 1. The highest BCUT2D eigenvalue weighted by molar-refractivity contribution is 6.89. The summed E-state index contributed by atoms with van der Waals surface area (Å²) >= 11 is 0. The van der Waals surface area contributed by atoms with Crippen molar-refractivity contribution < 1.29 is 26.6 Å². The van der Waals surface area contributed by atoms with Crippen LogP contribution in [0.15, 0.2) is 24.8 Å². The highest BCUT2D eigenvalue weighted by Gasteiger charge is 2.41. The SMILES string of the molecule is C=C[Si](C)(C)O[Si](C)(C)O[Si](C)(C)O[SiH](CCC=O)COC(=C)OCC. The molecule has 0 bridgehead atoms.